The molecule has 0 spiro atoms. The summed E-state index contributed by atoms with van der Waals surface area (Å²) in [5.41, 5.74) is 0. The Morgan fingerprint density at radius 2 is 2.25 bits per heavy atom. The Balaban J connectivity index is 1.91. The van der Waals surface area contributed by atoms with Crippen molar-refractivity contribution in [3.05, 3.63) is 22.9 Å². The number of halogens is 1. The molecule has 20 heavy (non-hydrogen) atoms. The van der Waals surface area contributed by atoms with E-state index in [0.29, 0.717) is 6.54 Å². The first-order valence-electron chi connectivity index (χ1n) is 7.20. The van der Waals surface area contributed by atoms with Gasteiger partial charge in [0.2, 0.25) is 5.91 Å². The molecule has 1 aliphatic rings. The van der Waals surface area contributed by atoms with Gasteiger partial charge in [-0.05, 0) is 34.8 Å². The molecule has 1 aliphatic heterocycles. The van der Waals surface area contributed by atoms with Crippen molar-refractivity contribution in [3.8, 4) is 5.75 Å². The molecule has 0 aromatic carbocycles. The maximum Gasteiger partial charge on any atom is 0.225 e. The van der Waals surface area contributed by atoms with Gasteiger partial charge in [0.15, 0.2) is 0 Å². The lowest BCUT2D eigenvalue weighted by Crippen LogP contribution is -2.35. The fourth-order valence-electron chi connectivity index (χ4n) is 2.57. The number of hydrogen-bond donors (Lipinski definition) is 0. The van der Waals surface area contributed by atoms with Gasteiger partial charge < -0.3 is 9.64 Å². The van der Waals surface area contributed by atoms with Crippen LogP contribution < -0.4 is 4.74 Å². The average molecular weight is 341 g/mol. The Morgan fingerprint density at radius 1 is 1.50 bits per heavy atom. The number of carbonyl (C=O) groups is 1. The summed E-state index contributed by atoms with van der Waals surface area (Å²) < 4.78 is 6.80. The minimum absolute atomic E-state index is 0.0735. The second-order valence-corrected chi connectivity index (χ2v) is 6.08. The lowest BCUT2D eigenvalue weighted by molar-refractivity contribution is -0.134. The van der Waals surface area contributed by atoms with Crippen molar-refractivity contribution in [2.24, 2.45) is 5.92 Å². The molecule has 1 saturated heterocycles. The van der Waals surface area contributed by atoms with Crippen LogP contribution in [0.5, 0.6) is 5.75 Å². The van der Waals surface area contributed by atoms with Gasteiger partial charge in [-0.25, -0.2) is 0 Å². The first-order chi connectivity index (χ1) is 9.63. The van der Waals surface area contributed by atoms with Crippen LogP contribution in [-0.2, 0) is 4.79 Å². The molecule has 1 aromatic rings. The van der Waals surface area contributed by atoms with E-state index in [-0.39, 0.29) is 17.9 Å². The van der Waals surface area contributed by atoms with E-state index in [9.17, 15) is 4.79 Å². The van der Waals surface area contributed by atoms with Crippen molar-refractivity contribution in [2.45, 2.75) is 39.2 Å². The van der Waals surface area contributed by atoms with Crippen LogP contribution in [0.25, 0.3) is 0 Å². The van der Waals surface area contributed by atoms with Gasteiger partial charge in [-0.15, -0.1) is 0 Å². The highest BCUT2D eigenvalue weighted by molar-refractivity contribution is 9.10. The van der Waals surface area contributed by atoms with Crippen molar-refractivity contribution >= 4 is 21.8 Å². The quantitative estimate of drug-likeness (QED) is 0.826. The Bertz CT molecular complexity index is 463. The Hall–Kier alpha value is -1.10. The maximum atomic E-state index is 12.3. The van der Waals surface area contributed by atoms with Gasteiger partial charge in [0.25, 0.3) is 0 Å². The molecule has 0 N–H and O–H groups in total. The van der Waals surface area contributed by atoms with Crippen LogP contribution in [0.4, 0.5) is 0 Å². The van der Waals surface area contributed by atoms with Crippen molar-refractivity contribution in [3.63, 3.8) is 0 Å². The number of aromatic nitrogens is 1. The zero-order chi connectivity index (χ0) is 14.5. The van der Waals surface area contributed by atoms with Crippen molar-refractivity contribution < 1.29 is 9.53 Å². The van der Waals surface area contributed by atoms with Gasteiger partial charge in [-0.3, -0.25) is 9.78 Å². The molecule has 1 amide bonds. The average Bonchev–Trinajstić information content (AvgIpc) is 2.88. The zero-order valence-electron chi connectivity index (χ0n) is 12.0. The lowest BCUT2D eigenvalue weighted by atomic mass is 10.0. The minimum atomic E-state index is 0.0735. The van der Waals surface area contributed by atoms with E-state index >= 15 is 0 Å². The predicted octanol–water partition coefficient (Wildman–Crippen LogP) is 3.26. The predicted molar refractivity (Wildman–Crippen MR) is 81.6 cm³/mol. The van der Waals surface area contributed by atoms with E-state index in [1.807, 2.05) is 11.0 Å². The number of amides is 1. The van der Waals surface area contributed by atoms with Crippen LogP contribution >= 0.6 is 15.9 Å². The van der Waals surface area contributed by atoms with Crippen LogP contribution in [0.3, 0.4) is 0 Å². The van der Waals surface area contributed by atoms with Crippen LogP contribution in [0.2, 0.25) is 0 Å². The number of pyridine rings is 1. The number of ether oxygens (including phenoxy) is 1. The van der Waals surface area contributed by atoms with Crippen molar-refractivity contribution in [1.29, 1.82) is 0 Å². The van der Waals surface area contributed by atoms with Gasteiger partial charge >= 0.3 is 0 Å². The number of nitrogens with zero attached hydrogens (tertiary/aromatic N) is 2. The first kappa shape index (κ1) is 15.3. The number of rotatable bonds is 5. The minimum Gasteiger partial charge on any atom is -0.487 e. The van der Waals surface area contributed by atoms with E-state index < -0.39 is 0 Å². The molecule has 5 heteroatoms. The molecule has 0 radical (unpaired) electrons. The SMILES string of the molecule is CCC(CC)C(=O)N1CC[C@@H](Oc2cncc(Br)c2)C1. The lowest BCUT2D eigenvalue weighted by Gasteiger charge is -2.21. The number of hydrogen-bond acceptors (Lipinski definition) is 3. The van der Waals surface area contributed by atoms with Gasteiger partial charge in [0.1, 0.15) is 11.9 Å². The molecule has 4 nitrogen and oxygen atoms in total. The molecule has 110 valence electrons. The number of likely N-dealkylation sites (tertiary alicyclic amines) is 1. The van der Waals surface area contributed by atoms with E-state index in [1.54, 1.807) is 12.4 Å². The summed E-state index contributed by atoms with van der Waals surface area (Å²) in [5.74, 6) is 1.18. The molecular weight excluding hydrogens is 320 g/mol. The molecule has 0 aliphatic carbocycles. The molecule has 2 heterocycles. The third kappa shape index (κ3) is 3.72. The molecule has 0 unspecified atom stereocenters. The van der Waals surface area contributed by atoms with Gasteiger partial charge in [-0.1, -0.05) is 13.8 Å². The monoisotopic (exact) mass is 340 g/mol. The first-order valence-corrected chi connectivity index (χ1v) is 7.99. The highest BCUT2D eigenvalue weighted by Crippen LogP contribution is 2.22. The summed E-state index contributed by atoms with van der Waals surface area (Å²) in [6.07, 6.45) is 6.21. The van der Waals surface area contributed by atoms with Crippen molar-refractivity contribution in [1.82, 2.24) is 9.88 Å². The van der Waals surface area contributed by atoms with Crippen LogP contribution in [0, 0.1) is 5.92 Å². The fraction of sp³-hybridized carbons (Fsp3) is 0.600. The third-order valence-electron chi connectivity index (χ3n) is 3.77. The van der Waals surface area contributed by atoms with Gasteiger partial charge in [0, 0.05) is 29.6 Å². The second-order valence-electron chi connectivity index (χ2n) is 5.17. The van der Waals surface area contributed by atoms with Crippen LogP contribution in [-0.4, -0.2) is 35.0 Å². The zero-order valence-corrected chi connectivity index (χ0v) is 13.6. The normalized spacial score (nSPS) is 18.6. The summed E-state index contributed by atoms with van der Waals surface area (Å²) in [5, 5.41) is 0. The Morgan fingerprint density at radius 3 is 2.90 bits per heavy atom. The summed E-state index contributed by atoms with van der Waals surface area (Å²) in [7, 11) is 0. The van der Waals surface area contributed by atoms with E-state index in [0.717, 1.165) is 36.0 Å². The molecular formula is C15H21BrN2O2. The van der Waals surface area contributed by atoms with E-state index in [1.165, 1.54) is 0 Å². The molecule has 1 atom stereocenters. The summed E-state index contributed by atoms with van der Waals surface area (Å²) in [6, 6.07) is 1.90. The standard InChI is InChI=1S/C15H21BrN2O2/c1-3-11(4-2)15(19)18-6-5-13(10-18)20-14-7-12(16)8-17-9-14/h7-9,11,13H,3-6,10H2,1-2H3/t13-/m1/s1. The number of carbonyl (C=O) groups excluding carboxylic acids is 1. The van der Waals surface area contributed by atoms with Gasteiger partial charge in [0.05, 0.1) is 12.7 Å². The van der Waals surface area contributed by atoms with Crippen molar-refractivity contribution in [2.75, 3.05) is 13.1 Å². The largest absolute Gasteiger partial charge is 0.487 e. The summed E-state index contributed by atoms with van der Waals surface area (Å²) in [6.45, 7) is 5.62. The topological polar surface area (TPSA) is 42.4 Å². The Kier molecular flexibility index (Phi) is 5.40. The smallest absolute Gasteiger partial charge is 0.225 e. The van der Waals surface area contributed by atoms with E-state index in [2.05, 4.69) is 34.8 Å². The fourth-order valence-corrected chi connectivity index (χ4v) is 2.91. The van der Waals surface area contributed by atoms with Crippen LogP contribution in [0.1, 0.15) is 33.1 Å². The maximum absolute atomic E-state index is 12.3. The summed E-state index contributed by atoms with van der Waals surface area (Å²) in [4.78, 5) is 18.3. The molecule has 2 rings (SSSR count). The van der Waals surface area contributed by atoms with Crippen LogP contribution in [0.15, 0.2) is 22.9 Å². The highest BCUT2D eigenvalue weighted by Gasteiger charge is 2.30. The molecule has 0 saturated carbocycles. The second kappa shape index (κ2) is 7.07. The molecule has 1 fully saturated rings. The van der Waals surface area contributed by atoms with Gasteiger partial charge in [-0.2, -0.15) is 0 Å². The Labute approximate surface area is 128 Å². The van der Waals surface area contributed by atoms with E-state index in [4.69, 9.17) is 4.74 Å². The highest BCUT2D eigenvalue weighted by atomic mass is 79.9. The third-order valence-corrected chi connectivity index (χ3v) is 4.21. The summed E-state index contributed by atoms with van der Waals surface area (Å²) >= 11 is 3.38. The molecule has 1 aromatic heterocycles. The molecule has 0 bridgehead atoms.